The molecule has 0 radical (unpaired) electrons. The third-order valence-corrected chi connectivity index (χ3v) is 3.65. The number of rotatable bonds is 4. The summed E-state index contributed by atoms with van der Waals surface area (Å²) in [5.74, 6) is -1.19. The molecule has 2 rings (SSSR count). The fourth-order valence-corrected chi connectivity index (χ4v) is 2.28. The Balaban J connectivity index is 2.11. The highest BCUT2D eigenvalue weighted by atomic mass is 32.1. The topological polar surface area (TPSA) is 54.4 Å². The minimum Gasteiger partial charge on any atom is -0.477 e. The fourth-order valence-electron chi connectivity index (χ4n) is 1.52. The van der Waals surface area contributed by atoms with Crippen molar-refractivity contribution < 1.29 is 14.7 Å². The number of carboxylic acid groups (broad SMARTS) is 1. The smallest absolute Gasteiger partial charge is 0.345 e. The zero-order chi connectivity index (χ0) is 13.8. The number of benzene rings is 1. The van der Waals surface area contributed by atoms with E-state index in [9.17, 15) is 9.59 Å². The summed E-state index contributed by atoms with van der Waals surface area (Å²) in [7, 11) is 0. The van der Waals surface area contributed by atoms with Crippen LogP contribution in [0.5, 0.6) is 0 Å². The number of hydrogen-bond donors (Lipinski definition) is 1. The minimum atomic E-state index is -1.01. The molecule has 1 heterocycles. The molecule has 0 aliphatic rings. The van der Waals surface area contributed by atoms with Crippen LogP contribution in [0.15, 0.2) is 42.5 Å². The Bertz CT molecular complexity index is 636. The molecular formula is C15H12O3S. The van der Waals surface area contributed by atoms with Crippen LogP contribution < -0.4 is 0 Å². The Labute approximate surface area is 114 Å². The first-order valence-electron chi connectivity index (χ1n) is 5.68. The molecule has 0 unspecified atom stereocenters. The van der Waals surface area contributed by atoms with E-state index in [0.717, 1.165) is 22.5 Å². The van der Waals surface area contributed by atoms with E-state index in [-0.39, 0.29) is 10.7 Å². The van der Waals surface area contributed by atoms with Gasteiger partial charge in [0.2, 0.25) is 0 Å². The van der Waals surface area contributed by atoms with Crippen LogP contribution in [0.4, 0.5) is 0 Å². The largest absolute Gasteiger partial charge is 0.477 e. The summed E-state index contributed by atoms with van der Waals surface area (Å²) in [5.41, 5.74) is 2.10. The zero-order valence-electron chi connectivity index (χ0n) is 10.3. The first-order chi connectivity index (χ1) is 9.06. The second-order valence-corrected chi connectivity index (χ2v) is 5.16. The van der Waals surface area contributed by atoms with Crippen molar-refractivity contribution >= 4 is 29.2 Å². The lowest BCUT2D eigenvalue weighted by molar-refractivity contribution is 0.0702. The van der Waals surface area contributed by atoms with Crippen LogP contribution in [0.1, 0.15) is 30.5 Å². The van der Waals surface area contributed by atoms with Crippen molar-refractivity contribution in [2.75, 3.05) is 0 Å². The summed E-state index contributed by atoms with van der Waals surface area (Å²) in [5, 5.41) is 8.79. The average molecular weight is 272 g/mol. The molecule has 0 saturated carbocycles. The lowest BCUT2D eigenvalue weighted by atomic mass is 10.1. The van der Waals surface area contributed by atoms with Crippen molar-refractivity contribution in [3.8, 4) is 0 Å². The van der Waals surface area contributed by atoms with Crippen molar-refractivity contribution in [2.45, 2.75) is 6.92 Å². The number of thiophene rings is 1. The maximum atomic E-state index is 11.9. The normalized spacial score (nSPS) is 10.8. The van der Waals surface area contributed by atoms with Gasteiger partial charge in [-0.15, -0.1) is 11.3 Å². The lowest BCUT2D eigenvalue weighted by Gasteiger charge is -1.94. The van der Waals surface area contributed by atoms with Crippen molar-refractivity contribution in [3.05, 3.63) is 63.4 Å². The van der Waals surface area contributed by atoms with Gasteiger partial charge in [0.1, 0.15) is 4.88 Å². The predicted octanol–water partition coefficient (Wildman–Crippen LogP) is 3.65. The standard InChI is InChI=1S/C15H12O3S/c1-10-2-4-11(5-3-10)6-7-12(16)13-8-9-14(19-13)15(17)18/h2-9H,1H3,(H,17,18)/b7-6+. The molecule has 1 N–H and O–H groups in total. The van der Waals surface area contributed by atoms with Gasteiger partial charge in [-0.2, -0.15) is 0 Å². The van der Waals surface area contributed by atoms with Crippen LogP contribution in [0.2, 0.25) is 0 Å². The third kappa shape index (κ3) is 3.39. The van der Waals surface area contributed by atoms with Gasteiger partial charge in [0.05, 0.1) is 4.88 Å². The van der Waals surface area contributed by atoms with E-state index < -0.39 is 5.97 Å². The van der Waals surface area contributed by atoms with Crippen LogP contribution in [0.25, 0.3) is 6.08 Å². The lowest BCUT2D eigenvalue weighted by Crippen LogP contribution is -1.91. The number of allylic oxidation sites excluding steroid dienone is 1. The molecule has 0 spiro atoms. The number of carboxylic acids is 1. The molecule has 0 fully saturated rings. The van der Waals surface area contributed by atoms with Gasteiger partial charge in [0.25, 0.3) is 0 Å². The Kier molecular flexibility index (Phi) is 3.92. The molecule has 2 aromatic rings. The van der Waals surface area contributed by atoms with E-state index >= 15 is 0 Å². The van der Waals surface area contributed by atoms with Crippen LogP contribution in [-0.4, -0.2) is 16.9 Å². The predicted molar refractivity (Wildman–Crippen MR) is 75.8 cm³/mol. The van der Waals surface area contributed by atoms with Crippen molar-refractivity contribution in [1.82, 2.24) is 0 Å². The molecule has 19 heavy (non-hydrogen) atoms. The highest BCUT2D eigenvalue weighted by molar-refractivity contribution is 7.16. The van der Waals surface area contributed by atoms with Gasteiger partial charge in [-0.1, -0.05) is 35.9 Å². The molecule has 0 atom stereocenters. The third-order valence-electron chi connectivity index (χ3n) is 2.56. The molecule has 96 valence electrons. The first-order valence-corrected chi connectivity index (χ1v) is 6.50. The monoisotopic (exact) mass is 272 g/mol. The summed E-state index contributed by atoms with van der Waals surface area (Å²) in [6.07, 6.45) is 3.18. The highest BCUT2D eigenvalue weighted by Crippen LogP contribution is 2.18. The van der Waals surface area contributed by atoms with Gasteiger partial charge in [0, 0.05) is 0 Å². The van der Waals surface area contributed by atoms with E-state index in [1.165, 1.54) is 18.2 Å². The van der Waals surface area contributed by atoms with Gasteiger partial charge >= 0.3 is 5.97 Å². The SMILES string of the molecule is Cc1ccc(/C=C/C(=O)c2ccc(C(=O)O)s2)cc1. The summed E-state index contributed by atoms with van der Waals surface area (Å²) >= 11 is 0.986. The van der Waals surface area contributed by atoms with E-state index in [4.69, 9.17) is 5.11 Å². The molecular weight excluding hydrogens is 260 g/mol. The van der Waals surface area contributed by atoms with E-state index in [1.54, 1.807) is 6.08 Å². The van der Waals surface area contributed by atoms with Crippen molar-refractivity contribution in [3.63, 3.8) is 0 Å². The van der Waals surface area contributed by atoms with Gasteiger partial charge < -0.3 is 5.11 Å². The average Bonchev–Trinajstić information content (AvgIpc) is 2.87. The molecule has 0 aliphatic heterocycles. The van der Waals surface area contributed by atoms with E-state index in [2.05, 4.69) is 0 Å². The molecule has 3 nitrogen and oxygen atoms in total. The molecule has 0 aliphatic carbocycles. The van der Waals surface area contributed by atoms with Crippen molar-refractivity contribution in [2.24, 2.45) is 0 Å². The summed E-state index contributed by atoms with van der Waals surface area (Å²) in [6.45, 7) is 2.00. The number of ketones is 1. The maximum absolute atomic E-state index is 11.9. The van der Waals surface area contributed by atoms with Crippen LogP contribution in [0, 0.1) is 6.92 Å². The van der Waals surface area contributed by atoms with Gasteiger partial charge in [-0.3, -0.25) is 4.79 Å². The van der Waals surface area contributed by atoms with Crippen LogP contribution in [0.3, 0.4) is 0 Å². The summed E-state index contributed by atoms with van der Waals surface area (Å²) in [6, 6.07) is 10.8. The van der Waals surface area contributed by atoms with E-state index in [0.29, 0.717) is 4.88 Å². The second kappa shape index (κ2) is 5.63. The fraction of sp³-hybridized carbons (Fsp3) is 0.0667. The van der Waals surface area contributed by atoms with Crippen molar-refractivity contribution in [1.29, 1.82) is 0 Å². The second-order valence-electron chi connectivity index (χ2n) is 4.08. The number of carbonyl (C=O) groups is 2. The molecule has 1 aromatic carbocycles. The Hall–Kier alpha value is -2.20. The Morgan fingerprint density at radius 1 is 1.05 bits per heavy atom. The van der Waals surface area contributed by atoms with Crippen LogP contribution >= 0.6 is 11.3 Å². The zero-order valence-corrected chi connectivity index (χ0v) is 11.1. The van der Waals surface area contributed by atoms with E-state index in [1.807, 2.05) is 31.2 Å². The number of carbonyl (C=O) groups excluding carboxylic acids is 1. The van der Waals surface area contributed by atoms with Gasteiger partial charge in [0.15, 0.2) is 5.78 Å². The number of aryl methyl sites for hydroxylation is 1. The summed E-state index contributed by atoms with van der Waals surface area (Å²) < 4.78 is 0. The molecule has 1 aromatic heterocycles. The Morgan fingerprint density at radius 3 is 2.26 bits per heavy atom. The number of aromatic carboxylic acids is 1. The van der Waals surface area contributed by atoms with Gasteiger partial charge in [-0.05, 0) is 30.7 Å². The quantitative estimate of drug-likeness (QED) is 0.682. The summed E-state index contributed by atoms with van der Waals surface area (Å²) in [4.78, 5) is 23.2. The molecule has 0 amide bonds. The highest BCUT2D eigenvalue weighted by Gasteiger charge is 2.10. The van der Waals surface area contributed by atoms with Gasteiger partial charge in [-0.25, -0.2) is 4.79 Å². The first kappa shape index (κ1) is 13.2. The van der Waals surface area contributed by atoms with Crippen LogP contribution in [-0.2, 0) is 0 Å². The molecule has 0 bridgehead atoms. The molecule has 4 heteroatoms. The molecule has 0 saturated heterocycles. The maximum Gasteiger partial charge on any atom is 0.345 e. The number of hydrogen-bond acceptors (Lipinski definition) is 3. The Morgan fingerprint density at radius 2 is 1.68 bits per heavy atom. The minimum absolute atomic E-state index is 0.173.